The van der Waals surface area contributed by atoms with E-state index >= 15 is 0 Å². The van der Waals surface area contributed by atoms with E-state index in [1.807, 2.05) is 6.92 Å². The summed E-state index contributed by atoms with van der Waals surface area (Å²) in [5.41, 5.74) is 0.0243. The van der Waals surface area contributed by atoms with Crippen molar-refractivity contribution in [2.24, 2.45) is 0 Å². The zero-order valence-corrected chi connectivity index (χ0v) is 10.9. The van der Waals surface area contributed by atoms with Crippen LogP contribution in [0.4, 0.5) is 13.2 Å². The van der Waals surface area contributed by atoms with Crippen molar-refractivity contribution in [1.82, 2.24) is 15.5 Å². The van der Waals surface area contributed by atoms with E-state index < -0.39 is 11.7 Å². The number of alkyl halides is 3. The first kappa shape index (κ1) is 14.5. The lowest BCUT2D eigenvalue weighted by Gasteiger charge is -2.06. The van der Waals surface area contributed by atoms with Crippen LogP contribution >= 0.6 is 0 Å². The Labute approximate surface area is 114 Å². The first-order chi connectivity index (χ1) is 9.49. The molecule has 0 radical (unpaired) electrons. The summed E-state index contributed by atoms with van der Waals surface area (Å²) in [5.74, 6) is 0.853. The molecular weight excluding hydrogens is 271 g/mol. The number of benzene rings is 1. The molecular formula is C13H14F3N3O. The Hall–Kier alpha value is -1.89. The van der Waals surface area contributed by atoms with Gasteiger partial charge in [0.2, 0.25) is 11.8 Å². The lowest BCUT2D eigenvalue weighted by atomic mass is 10.1. The Morgan fingerprint density at radius 3 is 2.35 bits per heavy atom. The van der Waals surface area contributed by atoms with E-state index in [9.17, 15) is 13.2 Å². The molecule has 1 heterocycles. The molecule has 0 aliphatic heterocycles. The molecule has 0 aliphatic rings. The third-order valence-electron chi connectivity index (χ3n) is 2.67. The van der Waals surface area contributed by atoms with Gasteiger partial charge in [-0.25, -0.2) is 0 Å². The van der Waals surface area contributed by atoms with Crippen LogP contribution in [-0.2, 0) is 19.1 Å². The molecule has 2 rings (SSSR count). The van der Waals surface area contributed by atoms with E-state index in [-0.39, 0.29) is 0 Å². The second-order valence-electron chi connectivity index (χ2n) is 4.24. The minimum atomic E-state index is -4.32. The predicted molar refractivity (Wildman–Crippen MR) is 65.9 cm³/mol. The van der Waals surface area contributed by atoms with Gasteiger partial charge in [-0.2, -0.15) is 13.2 Å². The molecule has 0 spiro atoms. The molecule has 0 saturated carbocycles. The van der Waals surface area contributed by atoms with Gasteiger partial charge in [0.1, 0.15) is 0 Å². The molecule has 20 heavy (non-hydrogen) atoms. The lowest BCUT2D eigenvalue weighted by Crippen LogP contribution is -2.11. The third-order valence-corrected chi connectivity index (χ3v) is 2.67. The van der Waals surface area contributed by atoms with Crippen molar-refractivity contribution in [2.45, 2.75) is 26.1 Å². The third kappa shape index (κ3) is 3.80. The minimum absolute atomic E-state index is 0.317. The summed E-state index contributed by atoms with van der Waals surface area (Å²) in [6, 6.07) is 4.92. The van der Waals surface area contributed by atoms with Crippen LogP contribution in [0.25, 0.3) is 0 Å². The topological polar surface area (TPSA) is 51.0 Å². The van der Waals surface area contributed by atoms with Crippen molar-refractivity contribution in [1.29, 1.82) is 0 Å². The smallest absolute Gasteiger partial charge is 0.416 e. The highest BCUT2D eigenvalue weighted by Crippen LogP contribution is 2.29. The van der Waals surface area contributed by atoms with Gasteiger partial charge in [0.15, 0.2) is 0 Å². The van der Waals surface area contributed by atoms with Gasteiger partial charge in [-0.15, -0.1) is 10.2 Å². The summed E-state index contributed by atoms with van der Waals surface area (Å²) in [6.45, 7) is 3.23. The highest BCUT2D eigenvalue weighted by molar-refractivity contribution is 5.26. The maximum absolute atomic E-state index is 12.4. The fourth-order valence-corrected chi connectivity index (χ4v) is 1.65. The number of hydrogen-bond acceptors (Lipinski definition) is 4. The van der Waals surface area contributed by atoms with Crippen molar-refractivity contribution in [3.05, 3.63) is 47.2 Å². The van der Waals surface area contributed by atoms with E-state index in [0.29, 0.717) is 30.3 Å². The Morgan fingerprint density at radius 2 is 1.75 bits per heavy atom. The molecule has 0 saturated heterocycles. The number of nitrogens with one attached hydrogen (secondary N) is 1. The van der Waals surface area contributed by atoms with E-state index in [1.54, 1.807) is 0 Å². The Bertz CT molecular complexity index is 549. The van der Waals surface area contributed by atoms with Gasteiger partial charge in [-0.1, -0.05) is 19.1 Å². The van der Waals surface area contributed by atoms with Crippen LogP contribution in [0.2, 0.25) is 0 Å². The maximum atomic E-state index is 12.4. The molecule has 0 atom stereocenters. The SMILES string of the molecule is CCNCc1nnc(Cc2ccc(C(F)(F)F)cc2)o1. The number of hydrogen-bond donors (Lipinski definition) is 1. The van der Waals surface area contributed by atoms with Gasteiger partial charge in [0.05, 0.1) is 18.5 Å². The number of aromatic nitrogens is 2. The second kappa shape index (κ2) is 6.04. The molecule has 0 amide bonds. The zero-order chi connectivity index (χ0) is 14.6. The van der Waals surface area contributed by atoms with Crippen LogP contribution in [0.5, 0.6) is 0 Å². The highest BCUT2D eigenvalue weighted by Gasteiger charge is 2.29. The normalized spacial score (nSPS) is 11.8. The van der Waals surface area contributed by atoms with Crippen LogP contribution in [0.3, 0.4) is 0 Å². The van der Waals surface area contributed by atoms with Gasteiger partial charge in [-0.3, -0.25) is 0 Å². The second-order valence-corrected chi connectivity index (χ2v) is 4.24. The Kier molecular flexibility index (Phi) is 4.39. The fraction of sp³-hybridized carbons (Fsp3) is 0.385. The first-order valence-electron chi connectivity index (χ1n) is 6.17. The quantitative estimate of drug-likeness (QED) is 0.917. The molecule has 2 aromatic rings. The van der Waals surface area contributed by atoms with E-state index in [1.165, 1.54) is 12.1 Å². The minimum Gasteiger partial charge on any atom is -0.424 e. The van der Waals surface area contributed by atoms with Crippen LogP contribution in [-0.4, -0.2) is 16.7 Å². The van der Waals surface area contributed by atoms with E-state index in [2.05, 4.69) is 15.5 Å². The first-order valence-corrected chi connectivity index (χ1v) is 6.17. The largest absolute Gasteiger partial charge is 0.424 e. The van der Waals surface area contributed by atoms with Gasteiger partial charge < -0.3 is 9.73 Å². The highest BCUT2D eigenvalue weighted by atomic mass is 19.4. The van der Waals surface area contributed by atoms with Gasteiger partial charge in [-0.05, 0) is 24.2 Å². The van der Waals surface area contributed by atoms with Crippen LogP contribution in [0, 0.1) is 0 Å². The molecule has 108 valence electrons. The summed E-state index contributed by atoms with van der Waals surface area (Å²) in [5, 5.41) is 10.7. The molecule has 1 aromatic carbocycles. The summed E-state index contributed by atoms with van der Waals surface area (Å²) in [6.07, 6.45) is -4.00. The summed E-state index contributed by atoms with van der Waals surface area (Å²) in [7, 11) is 0. The van der Waals surface area contributed by atoms with Crippen molar-refractivity contribution in [3.8, 4) is 0 Å². The standard InChI is InChI=1S/C13H14F3N3O/c1-2-17-8-12-19-18-11(20-12)7-9-3-5-10(6-4-9)13(14,15)16/h3-6,17H,2,7-8H2,1H3. The van der Waals surface area contributed by atoms with Crippen molar-refractivity contribution >= 4 is 0 Å². The molecule has 1 N–H and O–H groups in total. The molecule has 4 nitrogen and oxygen atoms in total. The van der Waals surface area contributed by atoms with Crippen molar-refractivity contribution in [3.63, 3.8) is 0 Å². The average Bonchev–Trinajstić information content (AvgIpc) is 2.83. The van der Waals surface area contributed by atoms with Crippen molar-refractivity contribution in [2.75, 3.05) is 6.54 Å². The predicted octanol–water partition coefficient (Wildman–Crippen LogP) is 2.79. The molecule has 1 aromatic heterocycles. The summed E-state index contributed by atoms with van der Waals surface area (Å²) >= 11 is 0. The Balaban J connectivity index is 2.01. The molecule has 7 heteroatoms. The summed E-state index contributed by atoms with van der Waals surface area (Å²) < 4.78 is 42.6. The number of halogens is 3. The zero-order valence-electron chi connectivity index (χ0n) is 10.9. The molecule has 0 bridgehead atoms. The molecule has 0 fully saturated rings. The van der Waals surface area contributed by atoms with Crippen LogP contribution < -0.4 is 5.32 Å². The fourth-order valence-electron chi connectivity index (χ4n) is 1.65. The number of rotatable bonds is 5. The van der Waals surface area contributed by atoms with Crippen molar-refractivity contribution < 1.29 is 17.6 Å². The maximum Gasteiger partial charge on any atom is 0.416 e. The van der Waals surface area contributed by atoms with Gasteiger partial charge >= 0.3 is 6.18 Å². The molecule has 0 aliphatic carbocycles. The monoisotopic (exact) mass is 285 g/mol. The van der Waals surface area contributed by atoms with E-state index in [4.69, 9.17) is 4.42 Å². The van der Waals surface area contributed by atoms with Gasteiger partial charge in [0, 0.05) is 0 Å². The average molecular weight is 285 g/mol. The van der Waals surface area contributed by atoms with Crippen LogP contribution in [0.15, 0.2) is 28.7 Å². The lowest BCUT2D eigenvalue weighted by molar-refractivity contribution is -0.137. The summed E-state index contributed by atoms with van der Waals surface area (Å²) in [4.78, 5) is 0. The Morgan fingerprint density at radius 1 is 1.10 bits per heavy atom. The van der Waals surface area contributed by atoms with Gasteiger partial charge in [0.25, 0.3) is 0 Å². The number of nitrogens with zero attached hydrogens (tertiary/aromatic N) is 2. The van der Waals surface area contributed by atoms with E-state index in [0.717, 1.165) is 18.7 Å². The van der Waals surface area contributed by atoms with Crippen LogP contribution in [0.1, 0.15) is 29.8 Å². The molecule has 0 unspecified atom stereocenters.